The molecule has 0 saturated carbocycles. The van der Waals surface area contributed by atoms with Crippen LogP contribution in [0, 0.1) is 6.92 Å². The zero-order chi connectivity index (χ0) is 21.7. The van der Waals surface area contributed by atoms with Gasteiger partial charge < -0.3 is 10.2 Å². The molecule has 2 aromatic heterocycles. The highest BCUT2D eigenvalue weighted by Gasteiger charge is 2.17. The van der Waals surface area contributed by atoms with Crippen LogP contribution < -0.4 is 10.2 Å². The fraction of sp³-hybridized carbons (Fsp3) is 0.250. The maximum atomic E-state index is 12.4. The Kier molecular flexibility index (Phi) is 6.57. The summed E-state index contributed by atoms with van der Waals surface area (Å²) in [5, 5.41) is 2.87. The molecular weight excluding hydrogens is 376 g/mol. The van der Waals surface area contributed by atoms with Crippen LogP contribution >= 0.6 is 0 Å². The molecule has 0 aliphatic rings. The lowest BCUT2D eigenvalue weighted by molar-refractivity contribution is -0.116. The largest absolute Gasteiger partial charge is 0.348 e. The van der Waals surface area contributed by atoms with Crippen LogP contribution in [-0.4, -0.2) is 27.8 Å². The topological polar surface area (TPSA) is 75.2 Å². The van der Waals surface area contributed by atoms with Crippen molar-refractivity contribution in [1.82, 2.24) is 15.3 Å². The lowest BCUT2D eigenvalue weighted by atomic mass is 10.0. The molecule has 2 amide bonds. The maximum Gasteiger partial charge on any atom is 0.253 e. The van der Waals surface area contributed by atoms with Crippen molar-refractivity contribution in [3.63, 3.8) is 0 Å². The molecule has 0 radical (unpaired) electrons. The fourth-order valence-corrected chi connectivity index (χ4v) is 3.38. The van der Waals surface area contributed by atoms with Gasteiger partial charge in [0.05, 0.1) is 11.3 Å². The summed E-state index contributed by atoms with van der Waals surface area (Å²) in [6.45, 7) is 7.96. The van der Waals surface area contributed by atoms with E-state index in [1.54, 1.807) is 36.5 Å². The average molecular weight is 402 g/mol. The molecular formula is C24H26N4O2. The molecule has 154 valence electrons. The number of benzene rings is 1. The minimum absolute atomic E-state index is 0.0145. The predicted octanol–water partition coefficient (Wildman–Crippen LogP) is 4.14. The van der Waals surface area contributed by atoms with Crippen molar-refractivity contribution < 1.29 is 9.59 Å². The molecule has 30 heavy (non-hydrogen) atoms. The lowest BCUT2D eigenvalue weighted by Crippen LogP contribution is -2.35. The van der Waals surface area contributed by atoms with E-state index in [1.807, 2.05) is 57.2 Å². The van der Waals surface area contributed by atoms with Crippen LogP contribution in [0.25, 0.3) is 11.3 Å². The first kappa shape index (κ1) is 21.2. The predicted molar refractivity (Wildman–Crippen MR) is 118 cm³/mol. The molecule has 3 aromatic rings. The highest BCUT2D eigenvalue weighted by Crippen LogP contribution is 2.27. The van der Waals surface area contributed by atoms with E-state index >= 15 is 0 Å². The third kappa shape index (κ3) is 4.89. The maximum absolute atomic E-state index is 12.4. The number of amides is 2. The van der Waals surface area contributed by atoms with Crippen molar-refractivity contribution in [3.05, 3.63) is 77.7 Å². The van der Waals surface area contributed by atoms with E-state index < -0.39 is 0 Å². The number of nitrogens with zero attached hydrogens (tertiary/aromatic N) is 3. The van der Waals surface area contributed by atoms with E-state index in [9.17, 15) is 9.59 Å². The average Bonchev–Trinajstić information content (AvgIpc) is 2.73. The zero-order valence-corrected chi connectivity index (χ0v) is 17.7. The van der Waals surface area contributed by atoms with Gasteiger partial charge in [0.2, 0.25) is 5.91 Å². The summed E-state index contributed by atoms with van der Waals surface area (Å²) in [4.78, 5) is 34.6. The molecule has 1 N–H and O–H groups in total. The SMILES string of the molecule is CC(=O)N(c1ccc(-c2ccc(C(=O)NCc3cccnc3)cn2)cc1C)C(C)C. The van der Waals surface area contributed by atoms with Gasteiger partial charge in [-0.15, -0.1) is 0 Å². The van der Waals surface area contributed by atoms with Crippen molar-refractivity contribution in [2.75, 3.05) is 4.90 Å². The summed E-state index contributed by atoms with van der Waals surface area (Å²) in [6.07, 6.45) is 5.00. The second-order valence-corrected chi connectivity index (χ2v) is 7.46. The van der Waals surface area contributed by atoms with Gasteiger partial charge in [-0.25, -0.2) is 0 Å². The van der Waals surface area contributed by atoms with E-state index in [4.69, 9.17) is 0 Å². The molecule has 0 atom stereocenters. The van der Waals surface area contributed by atoms with Gasteiger partial charge >= 0.3 is 0 Å². The number of aryl methyl sites for hydroxylation is 1. The third-order valence-electron chi connectivity index (χ3n) is 4.81. The van der Waals surface area contributed by atoms with Crippen LogP contribution in [0.2, 0.25) is 0 Å². The van der Waals surface area contributed by atoms with Crippen LogP contribution in [0.15, 0.2) is 61.1 Å². The number of pyridine rings is 2. The Labute approximate surface area is 177 Å². The van der Waals surface area contributed by atoms with Crippen LogP contribution in [0.1, 0.15) is 42.3 Å². The zero-order valence-electron chi connectivity index (χ0n) is 17.7. The molecule has 6 nitrogen and oxygen atoms in total. The summed E-state index contributed by atoms with van der Waals surface area (Å²) in [5.41, 5.74) is 5.04. The summed E-state index contributed by atoms with van der Waals surface area (Å²) in [7, 11) is 0. The van der Waals surface area contributed by atoms with Crippen LogP contribution in [-0.2, 0) is 11.3 Å². The Morgan fingerprint density at radius 2 is 1.90 bits per heavy atom. The molecule has 0 unspecified atom stereocenters. The van der Waals surface area contributed by atoms with Gasteiger partial charge in [0.1, 0.15) is 0 Å². The number of hydrogen-bond donors (Lipinski definition) is 1. The summed E-state index contributed by atoms with van der Waals surface area (Å²) < 4.78 is 0. The Balaban J connectivity index is 1.73. The van der Waals surface area contributed by atoms with Gasteiger partial charge in [-0.1, -0.05) is 12.1 Å². The Morgan fingerprint density at radius 3 is 2.47 bits per heavy atom. The molecule has 0 saturated heterocycles. The second-order valence-electron chi connectivity index (χ2n) is 7.46. The minimum Gasteiger partial charge on any atom is -0.348 e. The summed E-state index contributed by atoms with van der Waals surface area (Å²) >= 11 is 0. The molecule has 3 rings (SSSR count). The smallest absolute Gasteiger partial charge is 0.253 e. The number of nitrogens with one attached hydrogen (secondary N) is 1. The van der Waals surface area contributed by atoms with E-state index in [0.717, 1.165) is 28.1 Å². The van der Waals surface area contributed by atoms with Crippen molar-refractivity contribution in [2.45, 2.75) is 40.3 Å². The van der Waals surface area contributed by atoms with Gasteiger partial charge in [-0.3, -0.25) is 19.6 Å². The number of carbonyl (C=O) groups excluding carboxylic acids is 2. The fourth-order valence-electron chi connectivity index (χ4n) is 3.38. The van der Waals surface area contributed by atoms with E-state index in [0.29, 0.717) is 12.1 Å². The van der Waals surface area contributed by atoms with Gasteiger partial charge in [0.25, 0.3) is 5.91 Å². The highest BCUT2D eigenvalue weighted by atomic mass is 16.2. The first-order chi connectivity index (χ1) is 14.4. The molecule has 1 aromatic carbocycles. The standard InChI is InChI=1S/C24H26N4O2/c1-16(2)28(18(4)29)23-10-8-20(12-17(23)3)22-9-7-21(15-26-22)24(30)27-14-19-6-5-11-25-13-19/h5-13,15-16H,14H2,1-4H3,(H,27,30). The molecule has 0 bridgehead atoms. The normalized spacial score (nSPS) is 10.7. The molecule has 0 aliphatic carbocycles. The van der Waals surface area contributed by atoms with Crippen LogP contribution in [0.5, 0.6) is 0 Å². The van der Waals surface area contributed by atoms with Gasteiger partial charge in [-0.05, 0) is 62.2 Å². The highest BCUT2D eigenvalue weighted by molar-refractivity contribution is 5.94. The van der Waals surface area contributed by atoms with Crippen molar-refractivity contribution >= 4 is 17.5 Å². The van der Waals surface area contributed by atoms with Crippen molar-refractivity contribution in [2.24, 2.45) is 0 Å². The second kappa shape index (κ2) is 9.31. The minimum atomic E-state index is -0.182. The molecule has 0 aliphatic heterocycles. The third-order valence-corrected chi connectivity index (χ3v) is 4.81. The Hall–Kier alpha value is -3.54. The number of aromatic nitrogens is 2. The van der Waals surface area contributed by atoms with E-state index in [1.165, 1.54) is 0 Å². The Bertz CT molecular complexity index is 1030. The monoisotopic (exact) mass is 402 g/mol. The van der Waals surface area contributed by atoms with Crippen molar-refractivity contribution in [3.8, 4) is 11.3 Å². The summed E-state index contributed by atoms with van der Waals surface area (Å²) in [6, 6.07) is 13.3. The number of carbonyl (C=O) groups is 2. The number of hydrogen-bond acceptors (Lipinski definition) is 4. The lowest BCUT2D eigenvalue weighted by Gasteiger charge is -2.27. The van der Waals surface area contributed by atoms with E-state index in [2.05, 4.69) is 15.3 Å². The first-order valence-corrected chi connectivity index (χ1v) is 9.91. The van der Waals surface area contributed by atoms with Gasteiger partial charge in [0, 0.05) is 49.4 Å². The van der Waals surface area contributed by atoms with Crippen molar-refractivity contribution in [1.29, 1.82) is 0 Å². The number of rotatable bonds is 6. The quantitative estimate of drug-likeness (QED) is 0.672. The van der Waals surface area contributed by atoms with E-state index in [-0.39, 0.29) is 17.9 Å². The van der Waals surface area contributed by atoms with Crippen LogP contribution in [0.4, 0.5) is 5.69 Å². The van der Waals surface area contributed by atoms with Gasteiger partial charge in [-0.2, -0.15) is 0 Å². The van der Waals surface area contributed by atoms with Crippen LogP contribution in [0.3, 0.4) is 0 Å². The molecule has 0 spiro atoms. The van der Waals surface area contributed by atoms with Gasteiger partial charge in [0.15, 0.2) is 0 Å². The number of anilines is 1. The first-order valence-electron chi connectivity index (χ1n) is 9.91. The molecule has 0 fully saturated rings. The Morgan fingerprint density at radius 1 is 1.10 bits per heavy atom. The molecule has 2 heterocycles. The summed E-state index contributed by atoms with van der Waals surface area (Å²) in [5.74, 6) is -0.168. The molecule has 6 heteroatoms.